The van der Waals surface area contributed by atoms with Crippen molar-refractivity contribution in [3.8, 4) is 11.5 Å². The van der Waals surface area contributed by atoms with Gasteiger partial charge in [0.15, 0.2) is 18.3 Å². The van der Waals surface area contributed by atoms with Gasteiger partial charge in [-0.05, 0) is 12.1 Å². The highest BCUT2D eigenvalue weighted by atomic mass is 35.5. The lowest BCUT2D eigenvalue weighted by Crippen LogP contribution is -2.19. The molecule has 0 N–H and O–H groups in total. The maximum Gasteiger partial charge on any atom is 0.411 e. The number of ether oxygens (including phenoxy) is 3. The number of rotatable bonds is 6. The fourth-order valence-electron chi connectivity index (χ4n) is 1.21. The Labute approximate surface area is 112 Å². The zero-order valence-electron chi connectivity index (χ0n) is 9.79. The van der Waals surface area contributed by atoms with Crippen LogP contribution < -0.4 is 9.47 Å². The summed E-state index contributed by atoms with van der Waals surface area (Å²) >= 11 is 5.82. The van der Waals surface area contributed by atoms with Crippen LogP contribution in [0.4, 0.5) is 13.2 Å². The maximum absolute atomic E-state index is 11.8. The molecule has 1 aromatic carbocycles. The van der Waals surface area contributed by atoms with Gasteiger partial charge < -0.3 is 14.2 Å². The molecule has 0 aliphatic heterocycles. The average Bonchev–Trinajstić information content (AvgIpc) is 2.34. The lowest BCUT2D eigenvalue weighted by molar-refractivity contribution is -0.186. The predicted octanol–water partition coefficient (Wildman–Crippen LogP) is 3.08. The van der Waals surface area contributed by atoms with Gasteiger partial charge in [0.2, 0.25) is 0 Å². The second-order valence-electron chi connectivity index (χ2n) is 3.38. The monoisotopic (exact) mass is 298 g/mol. The lowest BCUT2D eigenvalue weighted by Gasteiger charge is -2.13. The molecule has 0 unspecified atom stereocenters. The summed E-state index contributed by atoms with van der Waals surface area (Å²) < 4.78 is 49.7. The van der Waals surface area contributed by atoms with E-state index in [-0.39, 0.29) is 22.1 Å². The van der Waals surface area contributed by atoms with Crippen molar-refractivity contribution in [2.24, 2.45) is 0 Å². The van der Waals surface area contributed by atoms with Crippen LogP contribution in [-0.2, 0) is 4.74 Å². The number of hydrogen-bond donors (Lipinski definition) is 0. The highest BCUT2D eigenvalue weighted by Gasteiger charge is 2.27. The van der Waals surface area contributed by atoms with Crippen LogP contribution in [0.25, 0.3) is 0 Å². The molecule has 0 amide bonds. The third-order valence-electron chi connectivity index (χ3n) is 1.94. The molecule has 0 aromatic heterocycles. The Morgan fingerprint density at radius 2 is 2.05 bits per heavy atom. The van der Waals surface area contributed by atoms with E-state index in [9.17, 15) is 18.0 Å². The molecule has 0 fully saturated rings. The van der Waals surface area contributed by atoms with E-state index in [2.05, 4.69) is 4.74 Å². The van der Waals surface area contributed by atoms with E-state index in [1.54, 1.807) is 0 Å². The number of methoxy groups -OCH3 is 1. The molecule has 8 heteroatoms. The van der Waals surface area contributed by atoms with E-state index in [0.29, 0.717) is 6.29 Å². The summed E-state index contributed by atoms with van der Waals surface area (Å²) in [7, 11) is 1.31. The van der Waals surface area contributed by atoms with Crippen LogP contribution in [0.1, 0.15) is 10.4 Å². The first-order chi connectivity index (χ1) is 8.87. The number of aldehydes is 1. The van der Waals surface area contributed by atoms with Gasteiger partial charge in [-0.3, -0.25) is 4.79 Å². The third kappa shape index (κ3) is 4.96. The third-order valence-corrected chi connectivity index (χ3v) is 2.22. The number of carbonyl (C=O) groups is 1. The minimum absolute atomic E-state index is 0.0111. The van der Waals surface area contributed by atoms with E-state index in [0.717, 1.165) is 0 Å². The molecule has 0 radical (unpaired) electrons. The molecule has 0 heterocycles. The van der Waals surface area contributed by atoms with Crippen LogP contribution in [0.2, 0.25) is 5.02 Å². The van der Waals surface area contributed by atoms with Crippen molar-refractivity contribution < 1.29 is 32.2 Å². The molecule has 0 atom stereocenters. The number of carbonyl (C=O) groups excluding carboxylic acids is 1. The van der Waals surface area contributed by atoms with Gasteiger partial charge >= 0.3 is 6.18 Å². The molecule has 0 aliphatic rings. The van der Waals surface area contributed by atoms with Gasteiger partial charge in [0.1, 0.15) is 12.9 Å². The Morgan fingerprint density at radius 1 is 1.37 bits per heavy atom. The van der Waals surface area contributed by atoms with Crippen LogP contribution >= 0.6 is 11.6 Å². The molecule has 1 rings (SSSR count). The van der Waals surface area contributed by atoms with Gasteiger partial charge in [0.05, 0.1) is 12.1 Å². The first kappa shape index (κ1) is 15.6. The Balaban J connectivity index is 2.70. The molecule has 106 valence electrons. The van der Waals surface area contributed by atoms with Crippen LogP contribution in [-0.4, -0.2) is 33.0 Å². The van der Waals surface area contributed by atoms with E-state index >= 15 is 0 Å². The number of alkyl halides is 3. The lowest BCUT2D eigenvalue weighted by atomic mass is 10.2. The summed E-state index contributed by atoms with van der Waals surface area (Å²) in [5, 5.41) is 0.0389. The normalized spacial score (nSPS) is 11.2. The topological polar surface area (TPSA) is 44.8 Å². The summed E-state index contributed by atoms with van der Waals surface area (Å²) in [4.78, 5) is 10.6. The fraction of sp³-hybridized carbons (Fsp3) is 0.364. The molecule has 0 spiro atoms. The number of benzene rings is 1. The maximum atomic E-state index is 11.8. The first-order valence-corrected chi connectivity index (χ1v) is 5.35. The summed E-state index contributed by atoms with van der Waals surface area (Å²) in [6, 6.07) is 2.65. The zero-order chi connectivity index (χ0) is 14.5. The molecule has 19 heavy (non-hydrogen) atoms. The minimum atomic E-state index is -4.43. The molecule has 4 nitrogen and oxygen atoms in total. The second-order valence-corrected chi connectivity index (χ2v) is 3.78. The standard InChI is InChI=1S/C11H10ClF3O4/c1-17-9-3-7(4-16)2-8(12)10(9)19-6-18-5-11(13,14)15/h2-4H,5-6H2,1H3. The van der Waals surface area contributed by atoms with Gasteiger partial charge in [-0.25, -0.2) is 0 Å². The first-order valence-electron chi connectivity index (χ1n) is 4.97. The smallest absolute Gasteiger partial charge is 0.411 e. The van der Waals surface area contributed by atoms with Crippen molar-refractivity contribution >= 4 is 17.9 Å². The van der Waals surface area contributed by atoms with Crippen LogP contribution in [0, 0.1) is 0 Å². The van der Waals surface area contributed by atoms with Crippen LogP contribution in [0.15, 0.2) is 12.1 Å². The quantitative estimate of drug-likeness (QED) is 0.460. The largest absolute Gasteiger partial charge is 0.493 e. The summed E-state index contributed by atoms with van der Waals surface area (Å²) in [5.74, 6) is 0.141. The van der Waals surface area contributed by atoms with Gasteiger partial charge in [0.25, 0.3) is 0 Å². The van der Waals surface area contributed by atoms with Crippen LogP contribution in [0.5, 0.6) is 11.5 Å². The van der Waals surface area contributed by atoms with Crippen molar-refractivity contribution in [3.63, 3.8) is 0 Å². The van der Waals surface area contributed by atoms with Crippen molar-refractivity contribution in [2.45, 2.75) is 6.18 Å². The van der Waals surface area contributed by atoms with E-state index < -0.39 is 19.6 Å². The molecule has 0 aliphatic carbocycles. The van der Waals surface area contributed by atoms with Crippen molar-refractivity contribution in [3.05, 3.63) is 22.7 Å². The highest BCUT2D eigenvalue weighted by molar-refractivity contribution is 6.32. The Morgan fingerprint density at radius 3 is 2.58 bits per heavy atom. The van der Waals surface area contributed by atoms with Gasteiger partial charge in [-0.15, -0.1) is 0 Å². The minimum Gasteiger partial charge on any atom is -0.493 e. The number of hydrogen-bond acceptors (Lipinski definition) is 4. The summed E-state index contributed by atoms with van der Waals surface area (Å²) in [5.41, 5.74) is 0.255. The van der Waals surface area contributed by atoms with Gasteiger partial charge in [-0.1, -0.05) is 11.6 Å². The van der Waals surface area contributed by atoms with Crippen molar-refractivity contribution in [2.75, 3.05) is 20.5 Å². The molecule has 0 saturated heterocycles. The van der Waals surface area contributed by atoms with Crippen molar-refractivity contribution in [1.82, 2.24) is 0 Å². The van der Waals surface area contributed by atoms with Gasteiger partial charge in [0, 0.05) is 5.56 Å². The SMILES string of the molecule is COc1cc(C=O)cc(Cl)c1OCOCC(F)(F)F. The molecule has 0 bridgehead atoms. The van der Waals surface area contributed by atoms with Gasteiger partial charge in [-0.2, -0.15) is 13.2 Å². The summed E-state index contributed by atoms with van der Waals surface area (Å²) in [6.07, 6.45) is -3.88. The Hall–Kier alpha value is -1.47. The Bertz CT molecular complexity index is 448. The second kappa shape index (κ2) is 6.63. The Kier molecular flexibility index (Phi) is 5.44. The van der Waals surface area contributed by atoms with E-state index in [1.165, 1.54) is 19.2 Å². The molecular weight excluding hydrogens is 289 g/mol. The van der Waals surface area contributed by atoms with Crippen molar-refractivity contribution in [1.29, 1.82) is 0 Å². The fourth-order valence-corrected chi connectivity index (χ4v) is 1.48. The number of halogens is 4. The average molecular weight is 299 g/mol. The molecule has 1 aromatic rings. The van der Waals surface area contributed by atoms with E-state index in [1.807, 2.05) is 0 Å². The summed E-state index contributed by atoms with van der Waals surface area (Å²) in [6.45, 7) is -2.07. The van der Waals surface area contributed by atoms with E-state index in [4.69, 9.17) is 21.1 Å². The predicted molar refractivity (Wildman–Crippen MR) is 60.9 cm³/mol. The zero-order valence-corrected chi connectivity index (χ0v) is 10.5. The highest BCUT2D eigenvalue weighted by Crippen LogP contribution is 2.36. The van der Waals surface area contributed by atoms with Crippen LogP contribution in [0.3, 0.4) is 0 Å². The molecule has 0 saturated carbocycles. The molecular formula is C11H10ClF3O4.